The van der Waals surface area contributed by atoms with E-state index < -0.39 is 0 Å². The van der Waals surface area contributed by atoms with Gasteiger partial charge in [0.25, 0.3) is 0 Å². The summed E-state index contributed by atoms with van der Waals surface area (Å²) < 4.78 is 14.9. The number of carbonyl (C=O) groups is 1. The molecule has 1 aromatic rings. The highest BCUT2D eigenvalue weighted by Gasteiger charge is 1.96. The van der Waals surface area contributed by atoms with Gasteiger partial charge < -0.3 is 14.2 Å². The molecule has 1 rings (SSSR count). The van der Waals surface area contributed by atoms with Gasteiger partial charge in [0.05, 0.1) is 26.9 Å². The van der Waals surface area contributed by atoms with Gasteiger partial charge in [-0.1, -0.05) is 42.5 Å². The van der Waals surface area contributed by atoms with Crippen molar-refractivity contribution in [3.8, 4) is 0 Å². The van der Waals surface area contributed by atoms with Crippen molar-refractivity contribution in [2.24, 2.45) is 0 Å². The Labute approximate surface area is 107 Å². The second kappa shape index (κ2) is 9.39. The summed E-state index contributed by atoms with van der Waals surface area (Å²) in [7, 11) is 1.33. The molecule has 0 aliphatic heterocycles. The predicted molar refractivity (Wildman–Crippen MR) is 68.1 cm³/mol. The highest BCUT2D eigenvalue weighted by Crippen LogP contribution is 1.99. The fourth-order valence-electron chi connectivity index (χ4n) is 1.22. The van der Waals surface area contributed by atoms with Gasteiger partial charge in [-0.05, 0) is 5.56 Å². The quantitative estimate of drug-likeness (QED) is 0.402. The summed E-state index contributed by atoms with van der Waals surface area (Å²) in [5.41, 5.74) is 1.15. The average Bonchev–Trinajstić information content (AvgIpc) is 2.42. The summed E-state index contributed by atoms with van der Waals surface area (Å²) in [6.45, 7) is 1.47. The van der Waals surface area contributed by atoms with Crippen molar-refractivity contribution < 1.29 is 19.0 Å². The molecule has 0 aliphatic carbocycles. The zero-order valence-electron chi connectivity index (χ0n) is 10.5. The topological polar surface area (TPSA) is 44.8 Å². The molecule has 0 aliphatic rings. The van der Waals surface area contributed by atoms with Crippen molar-refractivity contribution in [3.63, 3.8) is 0 Å². The average molecular weight is 250 g/mol. The second-order valence-electron chi connectivity index (χ2n) is 3.56. The van der Waals surface area contributed by atoms with Gasteiger partial charge in [0, 0.05) is 0 Å². The van der Waals surface area contributed by atoms with Crippen LogP contribution < -0.4 is 0 Å². The standard InChI is InChI=1S/C14H18O4/c1-16-14(15)12-18-10-6-5-9-17-11-13-7-3-2-4-8-13/h2-8H,9-12H2,1H3/b6-5-. The third-order valence-corrected chi connectivity index (χ3v) is 2.15. The predicted octanol–water partition coefficient (Wildman–Crippen LogP) is 1.95. The summed E-state index contributed by atoms with van der Waals surface area (Å²) in [5, 5.41) is 0. The van der Waals surface area contributed by atoms with E-state index >= 15 is 0 Å². The van der Waals surface area contributed by atoms with Gasteiger partial charge in [-0.15, -0.1) is 0 Å². The van der Waals surface area contributed by atoms with Crippen LogP contribution in [0.3, 0.4) is 0 Å². The summed E-state index contributed by atoms with van der Waals surface area (Å²) in [6.07, 6.45) is 3.67. The molecule has 0 fully saturated rings. The van der Waals surface area contributed by atoms with Crippen LogP contribution in [-0.4, -0.2) is 32.9 Å². The van der Waals surface area contributed by atoms with Gasteiger partial charge in [0.1, 0.15) is 6.61 Å². The molecule has 0 N–H and O–H groups in total. The maximum Gasteiger partial charge on any atom is 0.331 e. The van der Waals surface area contributed by atoms with Crippen molar-refractivity contribution in [2.75, 3.05) is 26.9 Å². The number of rotatable bonds is 8. The zero-order valence-corrected chi connectivity index (χ0v) is 10.5. The van der Waals surface area contributed by atoms with Crippen LogP contribution in [0.1, 0.15) is 5.56 Å². The molecule has 0 spiro atoms. The number of carbonyl (C=O) groups excluding carboxylic acids is 1. The summed E-state index contributed by atoms with van der Waals surface area (Å²) >= 11 is 0. The molecular weight excluding hydrogens is 232 g/mol. The van der Waals surface area contributed by atoms with Gasteiger partial charge in [-0.25, -0.2) is 4.79 Å². The zero-order chi connectivity index (χ0) is 13.1. The van der Waals surface area contributed by atoms with Crippen LogP contribution >= 0.6 is 0 Å². The molecule has 18 heavy (non-hydrogen) atoms. The molecule has 0 atom stereocenters. The van der Waals surface area contributed by atoms with Crippen molar-refractivity contribution in [1.82, 2.24) is 0 Å². The Hall–Kier alpha value is -1.65. The van der Waals surface area contributed by atoms with Gasteiger partial charge in [-0.2, -0.15) is 0 Å². The van der Waals surface area contributed by atoms with E-state index in [1.165, 1.54) is 7.11 Å². The molecule has 98 valence electrons. The largest absolute Gasteiger partial charge is 0.467 e. The highest BCUT2D eigenvalue weighted by atomic mass is 16.6. The molecule has 0 heterocycles. The maximum atomic E-state index is 10.7. The van der Waals surface area contributed by atoms with E-state index in [2.05, 4.69) is 4.74 Å². The minimum absolute atomic E-state index is 0.0221. The van der Waals surface area contributed by atoms with Crippen LogP contribution in [0.5, 0.6) is 0 Å². The number of esters is 1. The minimum Gasteiger partial charge on any atom is -0.467 e. The Morgan fingerprint density at radius 1 is 1.11 bits per heavy atom. The smallest absolute Gasteiger partial charge is 0.331 e. The number of ether oxygens (including phenoxy) is 3. The monoisotopic (exact) mass is 250 g/mol. The van der Waals surface area contributed by atoms with E-state index in [1.807, 2.05) is 42.5 Å². The molecule has 4 heteroatoms. The van der Waals surface area contributed by atoms with Gasteiger partial charge in [-0.3, -0.25) is 0 Å². The van der Waals surface area contributed by atoms with Crippen LogP contribution in [0.15, 0.2) is 42.5 Å². The first-order chi connectivity index (χ1) is 8.83. The summed E-state index contributed by atoms with van der Waals surface area (Å²) in [6, 6.07) is 9.97. The van der Waals surface area contributed by atoms with Crippen LogP contribution in [-0.2, 0) is 25.6 Å². The summed E-state index contributed by atoms with van der Waals surface area (Å²) in [5.74, 6) is -0.372. The maximum absolute atomic E-state index is 10.7. The van der Waals surface area contributed by atoms with Crippen molar-refractivity contribution in [2.45, 2.75) is 6.61 Å². The van der Waals surface area contributed by atoms with Crippen LogP contribution in [0.25, 0.3) is 0 Å². The van der Waals surface area contributed by atoms with Crippen molar-refractivity contribution in [3.05, 3.63) is 48.0 Å². The van der Waals surface area contributed by atoms with E-state index in [4.69, 9.17) is 9.47 Å². The normalized spacial score (nSPS) is 10.7. The molecule has 0 radical (unpaired) electrons. The fraction of sp³-hybridized carbons (Fsp3) is 0.357. The third kappa shape index (κ3) is 6.83. The Bertz CT molecular complexity index is 359. The fourth-order valence-corrected chi connectivity index (χ4v) is 1.22. The molecule has 0 saturated heterocycles. The van der Waals surface area contributed by atoms with E-state index in [9.17, 15) is 4.79 Å². The molecule has 0 saturated carbocycles. The molecule has 4 nitrogen and oxygen atoms in total. The minimum atomic E-state index is -0.372. The molecule has 1 aromatic carbocycles. The van der Waals surface area contributed by atoms with E-state index in [0.717, 1.165) is 5.56 Å². The Kier molecular flexibility index (Phi) is 7.52. The first-order valence-electron chi connectivity index (χ1n) is 5.74. The Balaban J connectivity index is 1.99. The lowest BCUT2D eigenvalue weighted by molar-refractivity contribution is -0.145. The van der Waals surface area contributed by atoms with Crippen molar-refractivity contribution in [1.29, 1.82) is 0 Å². The van der Waals surface area contributed by atoms with Gasteiger partial charge >= 0.3 is 5.97 Å². The molecule has 0 unspecified atom stereocenters. The summed E-state index contributed by atoms with van der Waals surface area (Å²) in [4.78, 5) is 10.7. The Morgan fingerprint density at radius 3 is 2.44 bits per heavy atom. The number of hydrogen-bond donors (Lipinski definition) is 0. The van der Waals surface area contributed by atoms with Crippen LogP contribution in [0.4, 0.5) is 0 Å². The number of benzene rings is 1. The number of hydrogen-bond acceptors (Lipinski definition) is 4. The molecular formula is C14H18O4. The van der Waals surface area contributed by atoms with Crippen LogP contribution in [0, 0.1) is 0 Å². The van der Waals surface area contributed by atoms with Crippen molar-refractivity contribution >= 4 is 5.97 Å². The Morgan fingerprint density at radius 2 is 1.78 bits per heavy atom. The lowest BCUT2D eigenvalue weighted by Gasteiger charge is -2.01. The van der Waals surface area contributed by atoms with E-state index in [-0.39, 0.29) is 12.6 Å². The number of methoxy groups -OCH3 is 1. The first-order valence-corrected chi connectivity index (χ1v) is 5.74. The highest BCUT2D eigenvalue weighted by molar-refractivity contribution is 5.70. The van der Waals surface area contributed by atoms with E-state index in [1.54, 1.807) is 0 Å². The lowest BCUT2D eigenvalue weighted by atomic mass is 10.2. The SMILES string of the molecule is COC(=O)COC/C=C\COCc1ccccc1. The molecule has 0 aromatic heterocycles. The third-order valence-electron chi connectivity index (χ3n) is 2.15. The van der Waals surface area contributed by atoms with Gasteiger partial charge in [0.15, 0.2) is 0 Å². The first kappa shape index (κ1) is 14.4. The van der Waals surface area contributed by atoms with Crippen LogP contribution in [0.2, 0.25) is 0 Å². The molecule has 0 bridgehead atoms. The van der Waals surface area contributed by atoms with Gasteiger partial charge in [0.2, 0.25) is 0 Å². The lowest BCUT2D eigenvalue weighted by Crippen LogP contribution is -2.10. The molecule has 0 amide bonds. The second-order valence-corrected chi connectivity index (χ2v) is 3.56. The van der Waals surface area contributed by atoms with E-state index in [0.29, 0.717) is 19.8 Å².